The molecule has 2 heterocycles. The number of anilines is 1. The van der Waals surface area contributed by atoms with Gasteiger partial charge < -0.3 is 9.80 Å². The van der Waals surface area contributed by atoms with Gasteiger partial charge in [0.25, 0.3) is 0 Å². The summed E-state index contributed by atoms with van der Waals surface area (Å²) in [6.45, 7) is 5.12. The highest BCUT2D eigenvalue weighted by Crippen LogP contribution is 2.49. The van der Waals surface area contributed by atoms with Gasteiger partial charge in [0.1, 0.15) is 5.82 Å². The van der Waals surface area contributed by atoms with Crippen LogP contribution in [0, 0.1) is 18.7 Å². The summed E-state index contributed by atoms with van der Waals surface area (Å²) < 4.78 is 13.9. The number of aromatic nitrogens is 1. The van der Waals surface area contributed by atoms with Crippen molar-refractivity contribution in [2.75, 3.05) is 31.1 Å². The maximum Gasteiger partial charge on any atom is 0.226 e. The lowest BCUT2D eigenvalue weighted by Crippen LogP contribution is -2.49. The number of piperazine rings is 1. The van der Waals surface area contributed by atoms with Crippen LogP contribution in [0.25, 0.3) is 0 Å². The molecule has 2 atom stereocenters. The van der Waals surface area contributed by atoms with Gasteiger partial charge in [-0.1, -0.05) is 18.2 Å². The fraction of sp³-hybridized carbons (Fsp3) is 0.444. The van der Waals surface area contributed by atoms with Crippen LogP contribution in [0.3, 0.4) is 0 Å². The molecule has 6 heteroatoms. The van der Waals surface area contributed by atoms with Crippen molar-refractivity contribution in [3.8, 4) is 0 Å². The number of halogens is 1. The summed E-state index contributed by atoms with van der Waals surface area (Å²) in [4.78, 5) is 22.5. The van der Waals surface area contributed by atoms with E-state index >= 15 is 0 Å². The van der Waals surface area contributed by atoms with E-state index in [-0.39, 0.29) is 23.6 Å². The summed E-state index contributed by atoms with van der Waals surface area (Å²) in [6, 6.07) is 6.81. The Kier molecular flexibility index (Phi) is 4.00. The van der Waals surface area contributed by atoms with Gasteiger partial charge in [0.15, 0.2) is 5.13 Å². The van der Waals surface area contributed by atoms with Crippen molar-refractivity contribution in [3.63, 3.8) is 0 Å². The highest BCUT2D eigenvalue weighted by Gasteiger charge is 2.47. The minimum Gasteiger partial charge on any atom is -0.345 e. The number of rotatable bonds is 3. The number of hydrogen-bond donors (Lipinski definition) is 0. The molecule has 0 radical (unpaired) electrons. The number of carbonyl (C=O) groups is 1. The predicted octanol–water partition coefficient (Wildman–Crippen LogP) is 3.04. The van der Waals surface area contributed by atoms with Crippen LogP contribution in [-0.2, 0) is 4.79 Å². The molecule has 1 aliphatic carbocycles. The van der Waals surface area contributed by atoms with E-state index in [4.69, 9.17) is 0 Å². The van der Waals surface area contributed by atoms with Crippen LogP contribution in [0.4, 0.5) is 9.52 Å². The van der Waals surface area contributed by atoms with E-state index in [1.54, 1.807) is 23.5 Å². The Labute approximate surface area is 144 Å². The molecule has 1 saturated carbocycles. The van der Waals surface area contributed by atoms with Crippen molar-refractivity contribution >= 4 is 22.4 Å². The van der Waals surface area contributed by atoms with Gasteiger partial charge in [-0.2, -0.15) is 0 Å². The number of nitrogens with zero attached hydrogens (tertiary/aromatic N) is 3. The van der Waals surface area contributed by atoms with Crippen LogP contribution in [0.2, 0.25) is 0 Å². The van der Waals surface area contributed by atoms with E-state index in [2.05, 4.69) is 16.8 Å². The molecule has 4 nitrogen and oxygen atoms in total. The minimum atomic E-state index is -0.193. The lowest BCUT2D eigenvalue weighted by atomic mass is 10.1. The number of carbonyl (C=O) groups excluding carboxylic acids is 1. The average molecular weight is 345 g/mol. The Morgan fingerprint density at radius 2 is 2.00 bits per heavy atom. The van der Waals surface area contributed by atoms with Crippen LogP contribution >= 0.6 is 11.3 Å². The van der Waals surface area contributed by atoms with Crippen molar-refractivity contribution in [2.24, 2.45) is 5.92 Å². The number of aryl methyl sites for hydroxylation is 1. The molecule has 0 N–H and O–H groups in total. The summed E-state index contributed by atoms with van der Waals surface area (Å²) in [5.74, 6) is -0.00567. The number of hydrogen-bond acceptors (Lipinski definition) is 4. The van der Waals surface area contributed by atoms with Gasteiger partial charge in [0, 0.05) is 43.2 Å². The molecule has 1 aromatic heterocycles. The minimum absolute atomic E-state index is 0.0458. The summed E-state index contributed by atoms with van der Waals surface area (Å²) in [6.07, 6.45) is 2.66. The molecule has 0 bridgehead atoms. The molecular formula is C18H20FN3OS. The first-order chi connectivity index (χ1) is 11.6. The van der Waals surface area contributed by atoms with Crippen LogP contribution in [0.15, 0.2) is 30.5 Å². The standard InChI is InChI=1S/C18H20FN3OS/c1-12-11-20-18(24-12)22-8-6-21(7-9-22)17(23)15-10-14(15)13-4-2-3-5-16(13)19/h2-5,11,14-15H,6-10H2,1H3/t14-,15-/m0/s1. The molecule has 1 saturated heterocycles. The van der Waals surface area contributed by atoms with Crippen molar-refractivity contribution < 1.29 is 9.18 Å². The molecule has 1 aliphatic heterocycles. The second kappa shape index (κ2) is 6.16. The lowest BCUT2D eigenvalue weighted by Gasteiger charge is -2.34. The van der Waals surface area contributed by atoms with Crippen LogP contribution in [-0.4, -0.2) is 42.0 Å². The molecule has 2 fully saturated rings. The zero-order valence-electron chi connectivity index (χ0n) is 13.6. The first kappa shape index (κ1) is 15.6. The predicted molar refractivity (Wildman–Crippen MR) is 92.9 cm³/mol. The van der Waals surface area contributed by atoms with Gasteiger partial charge in [-0.25, -0.2) is 9.37 Å². The van der Waals surface area contributed by atoms with E-state index in [0.29, 0.717) is 5.56 Å². The Balaban J connectivity index is 1.35. The van der Waals surface area contributed by atoms with Crippen LogP contribution in [0.5, 0.6) is 0 Å². The zero-order chi connectivity index (χ0) is 16.7. The molecule has 4 rings (SSSR count). The van der Waals surface area contributed by atoms with Gasteiger partial charge in [0.2, 0.25) is 5.91 Å². The fourth-order valence-corrected chi connectivity index (χ4v) is 4.24. The van der Waals surface area contributed by atoms with E-state index in [9.17, 15) is 9.18 Å². The number of thiazole rings is 1. The van der Waals surface area contributed by atoms with Gasteiger partial charge in [-0.3, -0.25) is 4.79 Å². The Morgan fingerprint density at radius 3 is 2.67 bits per heavy atom. The van der Waals surface area contributed by atoms with Crippen molar-refractivity contribution in [2.45, 2.75) is 19.3 Å². The van der Waals surface area contributed by atoms with Crippen molar-refractivity contribution in [3.05, 3.63) is 46.7 Å². The Morgan fingerprint density at radius 1 is 1.25 bits per heavy atom. The fourth-order valence-electron chi connectivity index (χ4n) is 3.43. The number of benzene rings is 1. The van der Waals surface area contributed by atoms with Gasteiger partial charge >= 0.3 is 0 Å². The van der Waals surface area contributed by atoms with E-state index in [1.165, 1.54) is 10.9 Å². The summed E-state index contributed by atoms with van der Waals surface area (Å²) in [7, 11) is 0. The Hall–Kier alpha value is -1.95. The molecule has 2 aromatic rings. The first-order valence-electron chi connectivity index (χ1n) is 8.34. The second-order valence-corrected chi connectivity index (χ2v) is 7.75. The molecule has 0 unspecified atom stereocenters. The van der Waals surface area contributed by atoms with Crippen LogP contribution < -0.4 is 4.90 Å². The molecule has 0 spiro atoms. The third-order valence-corrected chi connectivity index (χ3v) is 5.86. The quantitative estimate of drug-likeness (QED) is 0.858. The van der Waals surface area contributed by atoms with E-state index in [0.717, 1.165) is 37.7 Å². The maximum absolute atomic E-state index is 13.9. The molecule has 2 aliphatic rings. The smallest absolute Gasteiger partial charge is 0.226 e. The first-order valence-corrected chi connectivity index (χ1v) is 9.15. The SMILES string of the molecule is Cc1cnc(N2CCN(C(=O)[C@H]3C[C@H]3c3ccccc3F)CC2)s1. The van der Waals surface area contributed by atoms with E-state index in [1.807, 2.05) is 17.2 Å². The Bertz CT molecular complexity index is 754. The van der Waals surface area contributed by atoms with Gasteiger partial charge in [0.05, 0.1) is 0 Å². The molecule has 24 heavy (non-hydrogen) atoms. The van der Waals surface area contributed by atoms with Crippen molar-refractivity contribution in [1.82, 2.24) is 9.88 Å². The topological polar surface area (TPSA) is 36.4 Å². The third-order valence-electron chi connectivity index (χ3n) is 4.88. The highest BCUT2D eigenvalue weighted by atomic mass is 32.1. The second-order valence-electron chi connectivity index (χ2n) is 6.54. The maximum atomic E-state index is 13.9. The highest BCUT2D eigenvalue weighted by molar-refractivity contribution is 7.15. The molecule has 126 valence electrons. The van der Waals surface area contributed by atoms with Crippen LogP contribution in [0.1, 0.15) is 22.8 Å². The largest absolute Gasteiger partial charge is 0.345 e. The number of amides is 1. The normalized spacial score (nSPS) is 23.4. The summed E-state index contributed by atoms with van der Waals surface area (Å²) >= 11 is 1.69. The lowest BCUT2D eigenvalue weighted by molar-refractivity contribution is -0.132. The van der Waals surface area contributed by atoms with Gasteiger partial charge in [-0.05, 0) is 30.9 Å². The van der Waals surface area contributed by atoms with E-state index < -0.39 is 0 Å². The molecule has 1 amide bonds. The molecule has 1 aromatic carbocycles. The van der Waals surface area contributed by atoms with Crippen molar-refractivity contribution in [1.29, 1.82) is 0 Å². The average Bonchev–Trinajstić information content (AvgIpc) is 3.28. The summed E-state index contributed by atoms with van der Waals surface area (Å²) in [5, 5.41) is 1.04. The monoisotopic (exact) mass is 345 g/mol. The van der Waals surface area contributed by atoms with Gasteiger partial charge in [-0.15, -0.1) is 11.3 Å². The summed E-state index contributed by atoms with van der Waals surface area (Å²) in [5.41, 5.74) is 0.688. The molecular weight excluding hydrogens is 325 g/mol. The third kappa shape index (κ3) is 2.90. The zero-order valence-corrected chi connectivity index (χ0v) is 14.4.